The number of nitrogens with zero attached hydrogens (tertiary/aromatic N) is 6. The van der Waals surface area contributed by atoms with Crippen molar-refractivity contribution < 1.29 is 0 Å². The molecule has 3 heterocycles. The van der Waals surface area contributed by atoms with E-state index >= 15 is 0 Å². The van der Waals surface area contributed by atoms with E-state index in [0.717, 1.165) is 58.1 Å². The van der Waals surface area contributed by atoms with E-state index in [2.05, 4.69) is 81.3 Å². The van der Waals surface area contributed by atoms with Crippen LogP contribution in [0, 0.1) is 18.3 Å². The molecule has 1 aromatic carbocycles. The van der Waals surface area contributed by atoms with Crippen LogP contribution in [0.15, 0.2) is 43.0 Å². The number of anilines is 1. The van der Waals surface area contributed by atoms with Gasteiger partial charge in [0.25, 0.3) is 0 Å². The van der Waals surface area contributed by atoms with Crippen LogP contribution in [0.2, 0.25) is 5.02 Å². The van der Waals surface area contributed by atoms with E-state index in [1.54, 1.807) is 6.33 Å². The molecule has 8 heteroatoms. The third kappa shape index (κ3) is 4.13. The molecule has 0 spiro atoms. The topological polar surface area (TPSA) is 81.4 Å². The molecular formula is C28H32ClN7. The Morgan fingerprint density at radius 3 is 2.67 bits per heavy atom. The highest BCUT2D eigenvalue weighted by Crippen LogP contribution is 2.62. The molecule has 1 N–H and O–H groups in total. The van der Waals surface area contributed by atoms with Gasteiger partial charge in [-0.2, -0.15) is 0 Å². The minimum Gasteiger partial charge on any atom is -0.369 e. The molecule has 2 bridgehead atoms. The van der Waals surface area contributed by atoms with Crippen molar-refractivity contribution in [1.82, 2.24) is 29.9 Å². The predicted octanol–water partition coefficient (Wildman–Crippen LogP) is 5.92. The summed E-state index contributed by atoms with van der Waals surface area (Å²) in [6.45, 7) is 9.45. The summed E-state index contributed by atoms with van der Waals surface area (Å²) in [7, 11) is 0. The summed E-state index contributed by atoms with van der Waals surface area (Å²) < 4.78 is 2.12. The number of benzene rings is 1. The Hall–Kier alpha value is -3.06. The Labute approximate surface area is 216 Å². The summed E-state index contributed by atoms with van der Waals surface area (Å²) in [6, 6.07) is 8.33. The molecule has 1 unspecified atom stereocenters. The Kier molecular flexibility index (Phi) is 5.52. The minimum atomic E-state index is 0.0175. The quantitative estimate of drug-likeness (QED) is 0.338. The number of halogens is 1. The van der Waals surface area contributed by atoms with Crippen LogP contribution in [0.5, 0.6) is 0 Å². The second-order valence-electron chi connectivity index (χ2n) is 11.8. The Morgan fingerprint density at radius 1 is 1.17 bits per heavy atom. The average Bonchev–Trinajstić information content (AvgIpc) is 3.23. The van der Waals surface area contributed by atoms with Crippen LogP contribution in [0.1, 0.15) is 68.5 Å². The smallest absolute Gasteiger partial charge is 0.137 e. The highest BCUT2D eigenvalue weighted by atomic mass is 35.5. The van der Waals surface area contributed by atoms with Crippen molar-refractivity contribution in [1.29, 1.82) is 0 Å². The van der Waals surface area contributed by atoms with Crippen LogP contribution in [-0.2, 0) is 12.0 Å². The molecule has 1 atom stereocenters. The summed E-state index contributed by atoms with van der Waals surface area (Å²) in [4.78, 5) is 13.6. The first kappa shape index (κ1) is 23.3. The van der Waals surface area contributed by atoms with Gasteiger partial charge in [-0.15, -0.1) is 5.10 Å². The SMILES string of the molecule is Cc1ncccc1C(Cc1cc(Cl)c2ncnc(NCC(C)(C)C)c2c1)c1cn(C23CC(C2)C3)nn1. The fourth-order valence-electron chi connectivity index (χ4n) is 5.64. The maximum atomic E-state index is 6.76. The molecule has 7 rings (SSSR count). The standard InChI is InChI=1S/C28H32ClN7/c1-17-20(6-5-7-30-17)21(24-14-36(35-34-24)28-11-19(12-28)13-28)8-18-9-22-25(23(29)10-18)32-16-33-26(22)31-15-27(2,3)4/h5-7,9-10,14,16,19,21H,8,11-13,15H2,1-4H3,(H,31,32,33). The van der Waals surface area contributed by atoms with Gasteiger partial charge in [0.2, 0.25) is 0 Å². The van der Waals surface area contributed by atoms with Crippen molar-refractivity contribution in [2.45, 2.75) is 64.8 Å². The predicted molar refractivity (Wildman–Crippen MR) is 142 cm³/mol. The lowest BCUT2D eigenvalue weighted by Crippen LogP contribution is -2.59. The van der Waals surface area contributed by atoms with E-state index in [1.165, 1.54) is 19.3 Å². The molecular weight excluding hydrogens is 470 g/mol. The van der Waals surface area contributed by atoms with E-state index in [1.807, 2.05) is 18.3 Å². The van der Waals surface area contributed by atoms with Gasteiger partial charge in [0.15, 0.2) is 0 Å². The molecule has 0 amide bonds. The van der Waals surface area contributed by atoms with Gasteiger partial charge in [0.05, 0.1) is 21.8 Å². The number of hydrogen-bond acceptors (Lipinski definition) is 6. The number of rotatable bonds is 7. The lowest BCUT2D eigenvalue weighted by Gasteiger charge is -2.61. The van der Waals surface area contributed by atoms with Gasteiger partial charge in [-0.3, -0.25) is 4.98 Å². The number of aryl methyl sites for hydroxylation is 1. The number of aromatic nitrogens is 6. The van der Waals surface area contributed by atoms with E-state index in [0.29, 0.717) is 5.02 Å². The molecule has 3 aromatic heterocycles. The molecule has 0 aliphatic heterocycles. The van der Waals surface area contributed by atoms with Crippen LogP contribution in [0.3, 0.4) is 0 Å². The van der Waals surface area contributed by atoms with Gasteiger partial charge in [-0.25, -0.2) is 14.6 Å². The third-order valence-electron chi connectivity index (χ3n) is 7.76. The van der Waals surface area contributed by atoms with Gasteiger partial charge < -0.3 is 5.32 Å². The van der Waals surface area contributed by atoms with Crippen molar-refractivity contribution >= 4 is 28.3 Å². The second-order valence-corrected chi connectivity index (χ2v) is 12.2. The highest BCUT2D eigenvalue weighted by molar-refractivity contribution is 6.35. The van der Waals surface area contributed by atoms with Gasteiger partial charge in [0.1, 0.15) is 12.1 Å². The fraction of sp³-hybridized carbons (Fsp3) is 0.464. The Bertz CT molecular complexity index is 1420. The van der Waals surface area contributed by atoms with E-state index in [-0.39, 0.29) is 16.9 Å². The van der Waals surface area contributed by atoms with Crippen molar-refractivity contribution in [3.8, 4) is 0 Å². The molecule has 3 aliphatic carbocycles. The first-order valence-electron chi connectivity index (χ1n) is 12.7. The van der Waals surface area contributed by atoms with Crippen molar-refractivity contribution in [3.63, 3.8) is 0 Å². The molecule has 0 radical (unpaired) electrons. The van der Waals surface area contributed by atoms with Gasteiger partial charge in [0, 0.05) is 35.9 Å². The Morgan fingerprint density at radius 2 is 1.97 bits per heavy atom. The summed E-state index contributed by atoms with van der Waals surface area (Å²) in [6.07, 6.45) is 10.00. The first-order chi connectivity index (χ1) is 17.2. The van der Waals surface area contributed by atoms with Gasteiger partial charge >= 0.3 is 0 Å². The number of hydrogen-bond donors (Lipinski definition) is 1. The highest BCUT2D eigenvalue weighted by Gasteiger charge is 2.58. The van der Waals surface area contributed by atoms with E-state index in [9.17, 15) is 0 Å². The number of pyridine rings is 1. The molecule has 4 aromatic rings. The summed E-state index contributed by atoms with van der Waals surface area (Å²) in [5.41, 5.74) is 5.33. The largest absolute Gasteiger partial charge is 0.369 e. The van der Waals surface area contributed by atoms with Crippen molar-refractivity contribution in [3.05, 3.63) is 70.5 Å². The van der Waals surface area contributed by atoms with Crippen molar-refractivity contribution in [2.24, 2.45) is 11.3 Å². The summed E-state index contributed by atoms with van der Waals surface area (Å²) in [5, 5.41) is 14.3. The summed E-state index contributed by atoms with van der Waals surface area (Å²) in [5.74, 6) is 1.71. The fourth-order valence-corrected chi connectivity index (χ4v) is 5.94. The van der Waals surface area contributed by atoms with E-state index < -0.39 is 0 Å². The van der Waals surface area contributed by atoms with Crippen molar-refractivity contribution in [2.75, 3.05) is 11.9 Å². The molecule has 186 valence electrons. The van der Waals surface area contributed by atoms with Crippen LogP contribution in [0.4, 0.5) is 5.82 Å². The molecule has 0 saturated heterocycles. The lowest BCUT2D eigenvalue weighted by molar-refractivity contribution is -0.0989. The van der Waals surface area contributed by atoms with Crippen LogP contribution >= 0.6 is 11.6 Å². The zero-order valence-corrected chi connectivity index (χ0v) is 22.0. The zero-order chi connectivity index (χ0) is 25.1. The molecule has 7 nitrogen and oxygen atoms in total. The molecule has 3 fully saturated rings. The van der Waals surface area contributed by atoms with Crippen LogP contribution < -0.4 is 5.32 Å². The number of fused-ring (bicyclic) bond motifs is 1. The van der Waals surface area contributed by atoms with E-state index in [4.69, 9.17) is 11.6 Å². The van der Waals surface area contributed by atoms with Crippen LogP contribution in [0.25, 0.3) is 10.9 Å². The van der Waals surface area contributed by atoms with Gasteiger partial charge in [-0.1, -0.05) is 43.7 Å². The molecule has 36 heavy (non-hydrogen) atoms. The maximum absolute atomic E-state index is 6.76. The third-order valence-corrected chi connectivity index (χ3v) is 8.05. The minimum absolute atomic E-state index is 0.0175. The molecule has 3 saturated carbocycles. The second kappa shape index (κ2) is 8.51. The van der Waals surface area contributed by atoms with Crippen LogP contribution in [-0.4, -0.2) is 36.5 Å². The zero-order valence-electron chi connectivity index (χ0n) is 21.3. The molecule has 3 aliphatic rings. The normalized spacial score (nSPS) is 21.6. The monoisotopic (exact) mass is 501 g/mol. The first-order valence-corrected chi connectivity index (χ1v) is 13.1. The lowest BCUT2D eigenvalue weighted by atomic mass is 9.50. The maximum Gasteiger partial charge on any atom is 0.137 e. The Balaban J connectivity index is 1.38. The number of nitrogens with one attached hydrogen (secondary N) is 1. The average molecular weight is 502 g/mol. The van der Waals surface area contributed by atoms with Gasteiger partial charge in [-0.05, 0) is 73.3 Å². The summed E-state index contributed by atoms with van der Waals surface area (Å²) >= 11 is 6.76.